The lowest BCUT2D eigenvalue weighted by atomic mass is 9.97. The van der Waals surface area contributed by atoms with E-state index in [4.69, 9.17) is 5.26 Å². The molecule has 0 saturated carbocycles. The second kappa shape index (κ2) is 7.30. The summed E-state index contributed by atoms with van der Waals surface area (Å²) in [6.45, 7) is 4.02. The molecule has 1 aliphatic heterocycles. The zero-order valence-electron chi connectivity index (χ0n) is 13.9. The normalized spacial score (nSPS) is 17.2. The predicted molar refractivity (Wildman–Crippen MR) is 89.4 cm³/mol. The second-order valence-electron chi connectivity index (χ2n) is 6.00. The van der Waals surface area contributed by atoms with E-state index in [-0.39, 0.29) is 17.5 Å². The van der Waals surface area contributed by atoms with Gasteiger partial charge in [0.15, 0.2) is 0 Å². The minimum absolute atomic E-state index is 0.0923. The fourth-order valence-corrected chi connectivity index (χ4v) is 3.09. The summed E-state index contributed by atoms with van der Waals surface area (Å²) in [7, 11) is 0. The van der Waals surface area contributed by atoms with Crippen LogP contribution in [0.15, 0.2) is 24.5 Å². The number of carbonyl (C=O) groups excluding carboxylic acids is 1. The van der Waals surface area contributed by atoms with Crippen molar-refractivity contribution >= 4 is 11.7 Å². The number of carbonyl (C=O) groups is 1. The molecule has 2 heterocycles. The van der Waals surface area contributed by atoms with Gasteiger partial charge in [0.25, 0.3) is 0 Å². The molecule has 0 spiro atoms. The zero-order valence-corrected chi connectivity index (χ0v) is 13.9. The first-order valence-electron chi connectivity index (χ1n) is 8.25. The molecule has 3 rings (SSSR count). The average Bonchev–Trinajstić information content (AvgIpc) is 3.12. The van der Waals surface area contributed by atoms with E-state index < -0.39 is 5.82 Å². The van der Waals surface area contributed by atoms with Crippen LogP contribution in [0.2, 0.25) is 0 Å². The van der Waals surface area contributed by atoms with Crippen molar-refractivity contribution in [3.8, 4) is 6.07 Å². The van der Waals surface area contributed by atoms with Crippen LogP contribution >= 0.6 is 0 Å². The Morgan fingerprint density at radius 2 is 2.36 bits per heavy atom. The molecule has 1 aromatic carbocycles. The number of hydrogen-bond donors (Lipinski definition) is 1. The van der Waals surface area contributed by atoms with E-state index in [1.807, 2.05) is 11.5 Å². The first-order valence-corrected chi connectivity index (χ1v) is 8.25. The molecule has 1 N–H and O–H groups in total. The fourth-order valence-electron chi connectivity index (χ4n) is 3.09. The standard InChI is InChI=1S/C17H19FN6O/c1-2-23-11-20-22-16(23)12-4-3-7-24(10-12)17(25)21-14-5-6-15(18)13(8-14)9-19/h5-6,8,11-12H,2-4,7,10H2,1H3,(H,21,25)/t12-/m1/s1. The highest BCUT2D eigenvalue weighted by atomic mass is 19.1. The quantitative estimate of drug-likeness (QED) is 0.929. The lowest BCUT2D eigenvalue weighted by Crippen LogP contribution is -2.42. The highest BCUT2D eigenvalue weighted by molar-refractivity contribution is 5.89. The maximum Gasteiger partial charge on any atom is 0.321 e. The number of hydrogen-bond acceptors (Lipinski definition) is 4. The van der Waals surface area contributed by atoms with Crippen LogP contribution in [-0.4, -0.2) is 38.8 Å². The lowest BCUT2D eigenvalue weighted by Gasteiger charge is -2.32. The maximum absolute atomic E-state index is 13.4. The molecule has 1 aromatic heterocycles. The van der Waals surface area contributed by atoms with Crippen LogP contribution in [-0.2, 0) is 6.54 Å². The zero-order chi connectivity index (χ0) is 17.8. The Balaban J connectivity index is 1.69. The number of nitrogens with one attached hydrogen (secondary N) is 1. The number of aryl methyl sites for hydroxylation is 1. The van der Waals surface area contributed by atoms with Gasteiger partial charge < -0.3 is 14.8 Å². The minimum atomic E-state index is -0.600. The van der Waals surface area contributed by atoms with Crippen molar-refractivity contribution in [2.75, 3.05) is 18.4 Å². The van der Waals surface area contributed by atoms with E-state index in [2.05, 4.69) is 15.5 Å². The molecule has 25 heavy (non-hydrogen) atoms. The van der Waals surface area contributed by atoms with Crippen molar-refractivity contribution in [1.29, 1.82) is 5.26 Å². The van der Waals surface area contributed by atoms with E-state index in [0.29, 0.717) is 18.8 Å². The van der Waals surface area contributed by atoms with E-state index in [1.54, 1.807) is 17.3 Å². The van der Waals surface area contributed by atoms with Crippen LogP contribution in [0.1, 0.15) is 37.1 Å². The molecule has 0 unspecified atom stereocenters. The highest BCUT2D eigenvalue weighted by Gasteiger charge is 2.27. The number of halogens is 1. The average molecular weight is 342 g/mol. The molecule has 8 heteroatoms. The van der Waals surface area contributed by atoms with Crippen molar-refractivity contribution in [2.45, 2.75) is 32.2 Å². The second-order valence-corrected chi connectivity index (χ2v) is 6.00. The van der Waals surface area contributed by atoms with Gasteiger partial charge in [-0.2, -0.15) is 5.26 Å². The number of aromatic nitrogens is 3. The fraction of sp³-hybridized carbons (Fsp3) is 0.412. The van der Waals surface area contributed by atoms with Gasteiger partial charge in [0.05, 0.1) is 5.56 Å². The number of rotatable bonds is 3. The monoisotopic (exact) mass is 342 g/mol. The third-order valence-electron chi connectivity index (χ3n) is 4.40. The van der Waals surface area contributed by atoms with Gasteiger partial charge in [-0.05, 0) is 38.0 Å². The maximum atomic E-state index is 13.4. The Morgan fingerprint density at radius 3 is 3.12 bits per heavy atom. The smallest absolute Gasteiger partial charge is 0.321 e. The molecule has 0 bridgehead atoms. The van der Waals surface area contributed by atoms with E-state index in [0.717, 1.165) is 25.2 Å². The largest absolute Gasteiger partial charge is 0.324 e. The van der Waals surface area contributed by atoms with Crippen LogP contribution in [0.5, 0.6) is 0 Å². The van der Waals surface area contributed by atoms with Crippen LogP contribution in [0, 0.1) is 17.1 Å². The molecule has 130 valence electrons. The van der Waals surface area contributed by atoms with Crippen LogP contribution in [0.4, 0.5) is 14.9 Å². The number of nitrogens with zero attached hydrogens (tertiary/aromatic N) is 5. The molecule has 1 fully saturated rings. The summed E-state index contributed by atoms with van der Waals surface area (Å²) in [5.74, 6) is 0.441. The Kier molecular flexibility index (Phi) is 4.93. The lowest BCUT2D eigenvalue weighted by molar-refractivity contribution is 0.190. The molecule has 7 nitrogen and oxygen atoms in total. The van der Waals surface area contributed by atoms with Gasteiger partial charge in [-0.3, -0.25) is 0 Å². The van der Waals surface area contributed by atoms with Gasteiger partial charge in [0, 0.05) is 31.2 Å². The van der Waals surface area contributed by atoms with Gasteiger partial charge in [-0.15, -0.1) is 10.2 Å². The highest BCUT2D eigenvalue weighted by Crippen LogP contribution is 2.26. The van der Waals surface area contributed by atoms with E-state index in [9.17, 15) is 9.18 Å². The summed E-state index contributed by atoms with van der Waals surface area (Å²) in [6, 6.07) is 5.47. The van der Waals surface area contributed by atoms with E-state index >= 15 is 0 Å². The molecule has 2 aromatic rings. The van der Waals surface area contributed by atoms with Crippen molar-refractivity contribution in [3.05, 3.63) is 41.7 Å². The van der Waals surface area contributed by atoms with Gasteiger partial charge in [-0.25, -0.2) is 9.18 Å². The third kappa shape index (κ3) is 3.60. The molecule has 1 saturated heterocycles. The molecular weight excluding hydrogens is 323 g/mol. The number of amides is 2. The van der Waals surface area contributed by atoms with Gasteiger partial charge in [0.2, 0.25) is 0 Å². The summed E-state index contributed by atoms with van der Waals surface area (Å²) in [6.07, 6.45) is 3.54. The Labute approximate surface area is 145 Å². The Bertz CT molecular complexity index is 812. The van der Waals surface area contributed by atoms with Gasteiger partial charge >= 0.3 is 6.03 Å². The predicted octanol–water partition coefficient (Wildman–Crippen LogP) is 2.72. The molecule has 2 amide bonds. The number of urea groups is 1. The van der Waals surface area contributed by atoms with Crippen LogP contribution in [0.3, 0.4) is 0 Å². The third-order valence-corrected chi connectivity index (χ3v) is 4.40. The minimum Gasteiger partial charge on any atom is -0.324 e. The first kappa shape index (κ1) is 16.9. The molecule has 0 radical (unpaired) electrons. The van der Waals surface area contributed by atoms with Crippen molar-refractivity contribution in [1.82, 2.24) is 19.7 Å². The van der Waals surface area contributed by atoms with Crippen molar-refractivity contribution < 1.29 is 9.18 Å². The summed E-state index contributed by atoms with van der Waals surface area (Å²) >= 11 is 0. The van der Waals surface area contributed by atoms with Crippen LogP contribution in [0.25, 0.3) is 0 Å². The number of likely N-dealkylation sites (tertiary alicyclic amines) is 1. The van der Waals surface area contributed by atoms with Crippen molar-refractivity contribution in [3.63, 3.8) is 0 Å². The molecule has 1 aliphatic rings. The summed E-state index contributed by atoms with van der Waals surface area (Å²) in [5.41, 5.74) is 0.312. The number of benzene rings is 1. The summed E-state index contributed by atoms with van der Waals surface area (Å²) in [4.78, 5) is 14.2. The van der Waals surface area contributed by atoms with E-state index in [1.165, 1.54) is 18.2 Å². The number of anilines is 1. The summed E-state index contributed by atoms with van der Waals surface area (Å²) < 4.78 is 15.4. The molecular formula is C17H19FN6O. The number of nitriles is 1. The molecule has 0 aliphatic carbocycles. The topological polar surface area (TPSA) is 86.8 Å². The van der Waals surface area contributed by atoms with Crippen molar-refractivity contribution in [2.24, 2.45) is 0 Å². The van der Waals surface area contributed by atoms with Crippen LogP contribution < -0.4 is 5.32 Å². The first-order chi connectivity index (χ1) is 12.1. The Hall–Kier alpha value is -2.95. The van der Waals surface area contributed by atoms with Gasteiger partial charge in [-0.1, -0.05) is 0 Å². The number of piperidine rings is 1. The summed E-state index contributed by atoms with van der Waals surface area (Å²) in [5, 5.41) is 19.8. The Morgan fingerprint density at radius 1 is 1.52 bits per heavy atom. The van der Waals surface area contributed by atoms with Gasteiger partial charge in [0.1, 0.15) is 24.0 Å². The molecule has 1 atom stereocenters. The SMILES string of the molecule is CCn1cnnc1[C@@H]1CCCN(C(=O)Nc2ccc(F)c(C#N)c2)C1.